The second kappa shape index (κ2) is 2.91. The molecule has 0 bridgehead atoms. The standard InChI is InChI=1S/C7H12N2O3/c10-3-4-1-8-2-5-6(4)12-7(11)9-5/h4-6,8,10H,1-3H2,(H,9,11)/t4-,5-,6-/m0/s1. The number of hydrogen-bond acceptors (Lipinski definition) is 4. The second-order valence-corrected chi connectivity index (χ2v) is 3.22. The van der Waals surface area contributed by atoms with Crippen LogP contribution in [-0.4, -0.2) is 43.0 Å². The highest BCUT2D eigenvalue weighted by Crippen LogP contribution is 2.19. The van der Waals surface area contributed by atoms with Gasteiger partial charge in [0.1, 0.15) is 6.10 Å². The Kier molecular flexibility index (Phi) is 1.90. The van der Waals surface area contributed by atoms with Gasteiger partial charge in [0.05, 0.1) is 12.6 Å². The smallest absolute Gasteiger partial charge is 0.407 e. The summed E-state index contributed by atoms with van der Waals surface area (Å²) in [7, 11) is 0. The van der Waals surface area contributed by atoms with Crippen molar-refractivity contribution in [1.82, 2.24) is 10.6 Å². The van der Waals surface area contributed by atoms with Crippen molar-refractivity contribution in [3.8, 4) is 0 Å². The van der Waals surface area contributed by atoms with Gasteiger partial charge in [-0.1, -0.05) is 0 Å². The van der Waals surface area contributed by atoms with Crippen LogP contribution in [0.1, 0.15) is 0 Å². The number of alkyl carbamates (subject to hydrolysis) is 1. The Balaban J connectivity index is 2.07. The van der Waals surface area contributed by atoms with Crippen molar-refractivity contribution in [1.29, 1.82) is 0 Å². The molecule has 2 aliphatic rings. The lowest BCUT2D eigenvalue weighted by atomic mass is 9.94. The predicted octanol–water partition coefficient (Wildman–Crippen LogP) is -1.32. The van der Waals surface area contributed by atoms with E-state index in [2.05, 4.69) is 10.6 Å². The molecular formula is C7H12N2O3. The van der Waals surface area contributed by atoms with Gasteiger partial charge in [-0.2, -0.15) is 0 Å². The fourth-order valence-corrected chi connectivity index (χ4v) is 1.77. The van der Waals surface area contributed by atoms with Gasteiger partial charge < -0.3 is 20.5 Å². The van der Waals surface area contributed by atoms with E-state index in [-0.39, 0.29) is 30.8 Å². The number of aliphatic hydroxyl groups excluding tert-OH is 1. The molecule has 0 aromatic heterocycles. The van der Waals surface area contributed by atoms with Gasteiger partial charge in [-0.15, -0.1) is 0 Å². The quantitative estimate of drug-likeness (QED) is 0.458. The van der Waals surface area contributed by atoms with Crippen molar-refractivity contribution in [3.63, 3.8) is 0 Å². The Morgan fingerprint density at radius 1 is 1.58 bits per heavy atom. The molecule has 2 fully saturated rings. The summed E-state index contributed by atoms with van der Waals surface area (Å²) in [5, 5.41) is 14.8. The van der Waals surface area contributed by atoms with Crippen LogP contribution >= 0.6 is 0 Å². The fraction of sp³-hybridized carbons (Fsp3) is 0.857. The average Bonchev–Trinajstić information content (AvgIpc) is 2.44. The summed E-state index contributed by atoms with van der Waals surface area (Å²) in [6.07, 6.45) is -0.518. The highest BCUT2D eigenvalue weighted by atomic mass is 16.6. The summed E-state index contributed by atoms with van der Waals surface area (Å²) >= 11 is 0. The fourth-order valence-electron chi connectivity index (χ4n) is 1.77. The summed E-state index contributed by atoms with van der Waals surface area (Å²) in [5.74, 6) is 0.0303. The number of fused-ring (bicyclic) bond motifs is 1. The van der Waals surface area contributed by atoms with E-state index in [1.807, 2.05) is 0 Å². The minimum atomic E-state index is -0.368. The summed E-state index contributed by atoms with van der Waals surface area (Å²) in [6, 6.07) is 0.0309. The van der Waals surface area contributed by atoms with Crippen LogP contribution in [0, 0.1) is 5.92 Å². The number of rotatable bonds is 1. The largest absolute Gasteiger partial charge is 0.444 e. The van der Waals surface area contributed by atoms with E-state index in [9.17, 15) is 4.79 Å². The number of carbonyl (C=O) groups excluding carboxylic acids is 1. The van der Waals surface area contributed by atoms with Gasteiger partial charge in [-0.05, 0) is 0 Å². The van der Waals surface area contributed by atoms with Gasteiger partial charge >= 0.3 is 6.09 Å². The Morgan fingerprint density at radius 3 is 3.17 bits per heavy atom. The molecule has 0 radical (unpaired) electrons. The number of amides is 1. The molecule has 0 spiro atoms. The number of nitrogens with one attached hydrogen (secondary N) is 2. The van der Waals surface area contributed by atoms with Crippen LogP contribution in [-0.2, 0) is 4.74 Å². The number of hydrogen-bond donors (Lipinski definition) is 3. The molecule has 3 N–H and O–H groups in total. The van der Waals surface area contributed by atoms with Crippen molar-refractivity contribution >= 4 is 6.09 Å². The Labute approximate surface area is 70.1 Å². The normalized spacial score (nSPS) is 40.1. The molecular weight excluding hydrogens is 160 g/mol. The summed E-state index contributed by atoms with van der Waals surface area (Å²) in [4.78, 5) is 10.8. The topological polar surface area (TPSA) is 70.6 Å². The van der Waals surface area contributed by atoms with Crippen molar-refractivity contribution in [2.45, 2.75) is 12.1 Å². The van der Waals surface area contributed by atoms with E-state index in [4.69, 9.17) is 9.84 Å². The second-order valence-electron chi connectivity index (χ2n) is 3.22. The van der Waals surface area contributed by atoms with Crippen LogP contribution in [0.5, 0.6) is 0 Å². The predicted molar refractivity (Wildman–Crippen MR) is 40.6 cm³/mol. The molecule has 3 atom stereocenters. The molecule has 2 heterocycles. The molecule has 2 rings (SSSR count). The summed E-state index contributed by atoms with van der Waals surface area (Å²) < 4.78 is 5.02. The van der Waals surface area contributed by atoms with E-state index in [1.165, 1.54) is 0 Å². The van der Waals surface area contributed by atoms with Gasteiger partial charge in [-0.25, -0.2) is 4.79 Å². The van der Waals surface area contributed by atoms with Crippen molar-refractivity contribution < 1.29 is 14.6 Å². The minimum absolute atomic E-state index is 0.0303. The van der Waals surface area contributed by atoms with Crippen LogP contribution in [0.3, 0.4) is 0 Å². The van der Waals surface area contributed by atoms with Crippen LogP contribution in [0.4, 0.5) is 4.79 Å². The molecule has 0 aromatic carbocycles. The van der Waals surface area contributed by atoms with E-state index in [0.717, 1.165) is 6.54 Å². The monoisotopic (exact) mass is 172 g/mol. The maximum absolute atomic E-state index is 10.8. The van der Waals surface area contributed by atoms with Gasteiger partial charge in [0.25, 0.3) is 0 Å². The van der Waals surface area contributed by atoms with Gasteiger partial charge in [-0.3, -0.25) is 0 Å². The third-order valence-electron chi connectivity index (χ3n) is 2.41. The third-order valence-corrected chi connectivity index (χ3v) is 2.41. The SMILES string of the molecule is O=C1N[C@H]2CNC[C@@H](CO)[C@@H]2O1. The van der Waals surface area contributed by atoms with Gasteiger partial charge in [0, 0.05) is 19.0 Å². The molecule has 0 unspecified atom stereocenters. The first kappa shape index (κ1) is 7.82. The van der Waals surface area contributed by atoms with Gasteiger partial charge in [0.2, 0.25) is 0 Å². The van der Waals surface area contributed by atoms with Crippen LogP contribution in [0.25, 0.3) is 0 Å². The van der Waals surface area contributed by atoms with Crippen molar-refractivity contribution in [3.05, 3.63) is 0 Å². The van der Waals surface area contributed by atoms with Crippen molar-refractivity contribution in [2.75, 3.05) is 19.7 Å². The Morgan fingerprint density at radius 2 is 2.42 bits per heavy atom. The van der Waals surface area contributed by atoms with Crippen LogP contribution in [0.2, 0.25) is 0 Å². The zero-order chi connectivity index (χ0) is 8.55. The lowest BCUT2D eigenvalue weighted by molar-refractivity contribution is 0.0468. The lowest BCUT2D eigenvalue weighted by Gasteiger charge is -2.30. The Hall–Kier alpha value is -0.810. The maximum atomic E-state index is 10.8. The first-order valence-corrected chi connectivity index (χ1v) is 4.10. The highest BCUT2D eigenvalue weighted by Gasteiger charge is 2.41. The first-order valence-electron chi connectivity index (χ1n) is 4.10. The molecule has 2 saturated heterocycles. The molecule has 0 saturated carbocycles. The van der Waals surface area contributed by atoms with Crippen LogP contribution < -0.4 is 10.6 Å². The molecule has 5 nitrogen and oxygen atoms in total. The van der Waals surface area contributed by atoms with E-state index in [0.29, 0.717) is 6.54 Å². The number of piperidine rings is 1. The number of ether oxygens (including phenoxy) is 1. The Bertz CT molecular complexity index is 197. The maximum Gasteiger partial charge on any atom is 0.407 e. The molecule has 1 amide bonds. The van der Waals surface area contributed by atoms with E-state index < -0.39 is 0 Å². The van der Waals surface area contributed by atoms with Crippen LogP contribution in [0.15, 0.2) is 0 Å². The number of carbonyl (C=O) groups is 1. The zero-order valence-electron chi connectivity index (χ0n) is 6.62. The molecule has 2 aliphatic heterocycles. The molecule has 68 valence electrons. The number of aliphatic hydroxyl groups is 1. The molecule has 12 heavy (non-hydrogen) atoms. The van der Waals surface area contributed by atoms with E-state index >= 15 is 0 Å². The zero-order valence-corrected chi connectivity index (χ0v) is 6.62. The average molecular weight is 172 g/mol. The first-order chi connectivity index (χ1) is 5.81. The minimum Gasteiger partial charge on any atom is -0.444 e. The van der Waals surface area contributed by atoms with E-state index in [1.54, 1.807) is 0 Å². The summed E-state index contributed by atoms with van der Waals surface area (Å²) in [5.41, 5.74) is 0. The molecule has 0 aromatic rings. The highest BCUT2D eigenvalue weighted by molar-refractivity contribution is 5.70. The summed E-state index contributed by atoms with van der Waals surface area (Å²) in [6.45, 7) is 1.50. The molecule has 0 aliphatic carbocycles. The molecule has 5 heteroatoms. The van der Waals surface area contributed by atoms with Gasteiger partial charge in [0.15, 0.2) is 0 Å². The third kappa shape index (κ3) is 1.15. The van der Waals surface area contributed by atoms with Crippen molar-refractivity contribution in [2.24, 2.45) is 5.92 Å². The lowest BCUT2D eigenvalue weighted by Crippen LogP contribution is -2.53.